The molecule has 1 aromatic rings. The van der Waals surface area contributed by atoms with Crippen molar-refractivity contribution >= 4 is 0 Å². The Morgan fingerprint density at radius 2 is 2.00 bits per heavy atom. The second kappa shape index (κ2) is 5.03. The molecule has 84 valence electrons. The molecular weight excluding hydrogens is 192 g/mol. The zero-order chi connectivity index (χ0) is 11.4. The first-order valence-electron chi connectivity index (χ1n) is 5.08. The van der Waals surface area contributed by atoms with Crippen LogP contribution in [0.5, 0.6) is 11.5 Å². The Kier molecular flexibility index (Phi) is 3.97. The zero-order valence-corrected chi connectivity index (χ0v) is 9.50. The Morgan fingerprint density at radius 1 is 1.33 bits per heavy atom. The van der Waals surface area contributed by atoms with Crippen LogP contribution >= 0.6 is 0 Å². The minimum atomic E-state index is 0.143. The van der Waals surface area contributed by atoms with Gasteiger partial charge < -0.3 is 14.9 Å². The number of benzene rings is 1. The van der Waals surface area contributed by atoms with Crippen LogP contribution in [0.3, 0.4) is 0 Å². The Balaban J connectivity index is 3.11. The van der Waals surface area contributed by atoms with Crippen molar-refractivity contribution in [2.75, 3.05) is 13.7 Å². The quantitative estimate of drug-likeness (QED) is 0.798. The van der Waals surface area contributed by atoms with Gasteiger partial charge in [-0.25, -0.2) is 0 Å². The second-order valence-electron chi connectivity index (χ2n) is 3.68. The van der Waals surface area contributed by atoms with Crippen molar-refractivity contribution in [1.82, 2.24) is 0 Å². The third kappa shape index (κ3) is 2.42. The molecule has 15 heavy (non-hydrogen) atoms. The molecule has 2 N–H and O–H groups in total. The predicted octanol–water partition coefficient (Wildman–Crippen LogP) is 1.94. The summed E-state index contributed by atoms with van der Waals surface area (Å²) < 4.78 is 5.16. The standard InChI is InChI=1S/C12H18O3/c1-8-7-11(15-3)9(2)12(14)10(8)5-4-6-13/h7,13-14H,4-6H2,1-3H3. The van der Waals surface area contributed by atoms with Gasteiger partial charge in [0.1, 0.15) is 11.5 Å². The second-order valence-corrected chi connectivity index (χ2v) is 3.68. The van der Waals surface area contributed by atoms with Gasteiger partial charge in [-0.15, -0.1) is 0 Å². The lowest BCUT2D eigenvalue weighted by Gasteiger charge is -2.14. The van der Waals surface area contributed by atoms with E-state index in [0.29, 0.717) is 24.3 Å². The van der Waals surface area contributed by atoms with Crippen molar-refractivity contribution in [2.45, 2.75) is 26.7 Å². The van der Waals surface area contributed by atoms with Crippen LogP contribution in [0.15, 0.2) is 6.07 Å². The molecule has 0 aliphatic rings. The van der Waals surface area contributed by atoms with E-state index in [2.05, 4.69) is 0 Å². The third-order valence-corrected chi connectivity index (χ3v) is 2.64. The maximum Gasteiger partial charge on any atom is 0.125 e. The first-order chi connectivity index (χ1) is 7.11. The molecule has 0 fully saturated rings. The first-order valence-corrected chi connectivity index (χ1v) is 5.08. The molecule has 0 spiro atoms. The number of phenolic OH excluding ortho intramolecular Hbond substituents is 1. The van der Waals surface area contributed by atoms with Crippen molar-refractivity contribution in [3.63, 3.8) is 0 Å². The molecule has 0 unspecified atom stereocenters. The summed E-state index contributed by atoms with van der Waals surface area (Å²) in [4.78, 5) is 0. The van der Waals surface area contributed by atoms with Gasteiger partial charge in [0.05, 0.1) is 7.11 Å². The van der Waals surface area contributed by atoms with Gasteiger partial charge >= 0.3 is 0 Å². The van der Waals surface area contributed by atoms with Crippen LogP contribution in [-0.2, 0) is 6.42 Å². The lowest BCUT2D eigenvalue weighted by molar-refractivity contribution is 0.288. The van der Waals surface area contributed by atoms with E-state index in [1.807, 2.05) is 19.9 Å². The molecular formula is C12H18O3. The van der Waals surface area contributed by atoms with Crippen LogP contribution in [0.2, 0.25) is 0 Å². The van der Waals surface area contributed by atoms with E-state index < -0.39 is 0 Å². The number of hydrogen-bond donors (Lipinski definition) is 2. The van der Waals surface area contributed by atoms with Crippen molar-refractivity contribution < 1.29 is 14.9 Å². The molecule has 0 aliphatic heterocycles. The van der Waals surface area contributed by atoms with Gasteiger partial charge in [-0.3, -0.25) is 0 Å². The fourth-order valence-corrected chi connectivity index (χ4v) is 1.71. The highest BCUT2D eigenvalue weighted by Crippen LogP contribution is 2.33. The van der Waals surface area contributed by atoms with Crippen molar-refractivity contribution in [2.24, 2.45) is 0 Å². The molecule has 0 aliphatic carbocycles. The highest BCUT2D eigenvalue weighted by Gasteiger charge is 2.12. The summed E-state index contributed by atoms with van der Waals surface area (Å²) in [5.74, 6) is 0.998. The summed E-state index contributed by atoms with van der Waals surface area (Å²) in [5.41, 5.74) is 2.67. The SMILES string of the molecule is COc1cc(C)c(CCCO)c(O)c1C. The van der Waals surface area contributed by atoms with Gasteiger partial charge in [0.15, 0.2) is 0 Å². The van der Waals surface area contributed by atoms with Gasteiger partial charge in [0, 0.05) is 12.2 Å². The Hall–Kier alpha value is -1.22. The summed E-state index contributed by atoms with van der Waals surface area (Å²) in [6.07, 6.45) is 1.36. The van der Waals surface area contributed by atoms with Crippen LogP contribution in [0.4, 0.5) is 0 Å². The molecule has 0 bridgehead atoms. The lowest BCUT2D eigenvalue weighted by Crippen LogP contribution is -1.97. The molecule has 0 heterocycles. The first kappa shape index (κ1) is 11.9. The zero-order valence-electron chi connectivity index (χ0n) is 9.50. The highest BCUT2D eigenvalue weighted by atomic mass is 16.5. The Morgan fingerprint density at radius 3 is 2.53 bits per heavy atom. The summed E-state index contributed by atoms with van der Waals surface area (Å²) in [5, 5.41) is 18.7. The maximum atomic E-state index is 9.96. The predicted molar refractivity (Wildman–Crippen MR) is 59.5 cm³/mol. The Bertz CT molecular complexity index is 345. The molecule has 0 aromatic heterocycles. The normalized spacial score (nSPS) is 10.4. The minimum absolute atomic E-state index is 0.143. The van der Waals surface area contributed by atoms with E-state index in [9.17, 15) is 5.11 Å². The molecule has 0 atom stereocenters. The highest BCUT2D eigenvalue weighted by molar-refractivity contribution is 5.52. The maximum absolute atomic E-state index is 9.96. The van der Waals surface area contributed by atoms with Crippen molar-refractivity contribution in [3.05, 3.63) is 22.8 Å². The summed E-state index contributed by atoms with van der Waals surface area (Å²) in [6.45, 7) is 3.91. The number of aliphatic hydroxyl groups is 1. The van der Waals surface area contributed by atoms with Crippen LogP contribution in [0, 0.1) is 13.8 Å². The van der Waals surface area contributed by atoms with Crippen molar-refractivity contribution in [3.8, 4) is 11.5 Å². The largest absolute Gasteiger partial charge is 0.507 e. The average Bonchev–Trinajstić information content (AvgIpc) is 2.23. The molecule has 3 heteroatoms. The number of ether oxygens (including phenoxy) is 1. The number of rotatable bonds is 4. The lowest BCUT2D eigenvalue weighted by atomic mass is 9.99. The van der Waals surface area contributed by atoms with Gasteiger partial charge in [0.25, 0.3) is 0 Å². The van der Waals surface area contributed by atoms with E-state index in [1.165, 1.54) is 0 Å². The molecule has 1 aromatic carbocycles. The smallest absolute Gasteiger partial charge is 0.125 e. The van der Waals surface area contributed by atoms with Crippen molar-refractivity contribution in [1.29, 1.82) is 0 Å². The molecule has 0 saturated carbocycles. The van der Waals surface area contributed by atoms with Crippen LogP contribution in [0.1, 0.15) is 23.1 Å². The van der Waals surface area contributed by atoms with E-state index in [1.54, 1.807) is 7.11 Å². The summed E-state index contributed by atoms with van der Waals surface area (Å²) >= 11 is 0. The third-order valence-electron chi connectivity index (χ3n) is 2.64. The molecule has 0 radical (unpaired) electrons. The minimum Gasteiger partial charge on any atom is -0.507 e. The van der Waals surface area contributed by atoms with E-state index in [4.69, 9.17) is 9.84 Å². The van der Waals surface area contributed by atoms with Gasteiger partial charge in [-0.05, 0) is 43.9 Å². The fourth-order valence-electron chi connectivity index (χ4n) is 1.71. The van der Waals surface area contributed by atoms with Crippen LogP contribution < -0.4 is 4.74 Å². The number of phenols is 1. The van der Waals surface area contributed by atoms with Crippen LogP contribution in [-0.4, -0.2) is 23.9 Å². The summed E-state index contributed by atoms with van der Waals surface area (Å²) in [6, 6.07) is 1.92. The Labute approximate surface area is 90.3 Å². The van der Waals surface area contributed by atoms with E-state index in [0.717, 1.165) is 16.7 Å². The van der Waals surface area contributed by atoms with Gasteiger partial charge in [0.2, 0.25) is 0 Å². The fraction of sp³-hybridized carbons (Fsp3) is 0.500. The molecule has 0 saturated heterocycles. The topological polar surface area (TPSA) is 49.7 Å². The number of aromatic hydroxyl groups is 1. The number of methoxy groups -OCH3 is 1. The summed E-state index contributed by atoms with van der Waals surface area (Å²) in [7, 11) is 1.59. The van der Waals surface area contributed by atoms with Crippen LogP contribution in [0.25, 0.3) is 0 Å². The molecule has 0 amide bonds. The average molecular weight is 210 g/mol. The molecule has 1 rings (SSSR count). The van der Waals surface area contributed by atoms with Gasteiger partial charge in [-0.1, -0.05) is 0 Å². The molecule has 3 nitrogen and oxygen atoms in total. The van der Waals surface area contributed by atoms with E-state index >= 15 is 0 Å². The number of hydrogen-bond acceptors (Lipinski definition) is 3. The van der Waals surface area contributed by atoms with E-state index in [-0.39, 0.29) is 6.61 Å². The monoisotopic (exact) mass is 210 g/mol. The van der Waals surface area contributed by atoms with Gasteiger partial charge in [-0.2, -0.15) is 0 Å². The number of aryl methyl sites for hydroxylation is 1. The number of aliphatic hydroxyl groups excluding tert-OH is 1.